The number of hydrogen-bond acceptors (Lipinski definition) is 3. The molecule has 0 fully saturated rings. The van der Waals surface area contributed by atoms with Crippen LogP contribution in [0.3, 0.4) is 0 Å². The second kappa shape index (κ2) is 6.37. The van der Waals surface area contributed by atoms with E-state index in [1.807, 2.05) is 18.2 Å². The van der Waals surface area contributed by atoms with Gasteiger partial charge in [0.05, 0.1) is 19.5 Å². The molecule has 5 heteroatoms. The van der Waals surface area contributed by atoms with Crippen molar-refractivity contribution in [2.75, 3.05) is 19.5 Å². The molecule has 1 N–H and O–H groups in total. The minimum atomic E-state index is -0.0465. The Hall–Kier alpha value is -1.23. The molecule has 0 aromatic heterocycles. The number of methoxy groups -OCH3 is 2. The van der Waals surface area contributed by atoms with Crippen molar-refractivity contribution in [3.05, 3.63) is 23.8 Å². The maximum atomic E-state index is 11.0. The zero-order valence-corrected chi connectivity index (χ0v) is 10.8. The maximum absolute atomic E-state index is 11.0. The summed E-state index contributed by atoms with van der Waals surface area (Å²) in [6, 6.07) is 5.54. The zero-order valence-electron chi connectivity index (χ0n) is 9.25. The van der Waals surface area contributed by atoms with Crippen molar-refractivity contribution in [2.24, 2.45) is 0 Å². The predicted octanol–water partition coefficient (Wildman–Crippen LogP) is 1.71. The van der Waals surface area contributed by atoms with E-state index in [1.54, 1.807) is 14.2 Å². The molecule has 1 rings (SSSR count). The lowest BCUT2D eigenvalue weighted by atomic mass is 10.2. The first kappa shape index (κ1) is 12.8. The topological polar surface area (TPSA) is 47.6 Å². The number of nitrogens with one attached hydrogen (secondary N) is 1. The molecule has 0 heterocycles. The van der Waals surface area contributed by atoms with E-state index in [9.17, 15) is 4.79 Å². The molecule has 0 aliphatic rings. The van der Waals surface area contributed by atoms with Gasteiger partial charge in [0.15, 0.2) is 11.5 Å². The Morgan fingerprint density at radius 1 is 1.31 bits per heavy atom. The third kappa shape index (κ3) is 3.41. The largest absolute Gasteiger partial charge is 0.493 e. The van der Waals surface area contributed by atoms with E-state index in [4.69, 9.17) is 9.47 Å². The minimum absolute atomic E-state index is 0.0465. The van der Waals surface area contributed by atoms with Gasteiger partial charge >= 0.3 is 0 Å². The minimum Gasteiger partial charge on any atom is -0.493 e. The number of alkyl halides is 1. The lowest BCUT2D eigenvalue weighted by Crippen LogP contribution is -2.23. The normalized spacial score (nSPS) is 9.69. The van der Waals surface area contributed by atoms with Gasteiger partial charge in [-0.25, -0.2) is 0 Å². The van der Waals surface area contributed by atoms with E-state index in [0.717, 1.165) is 5.56 Å². The molecule has 0 aliphatic carbocycles. The summed E-state index contributed by atoms with van der Waals surface area (Å²) in [7, 11) is 3.17. The number of rotatable bonds is 5. The number of carbonyl (C=O) groups excluding carboxylic acids is 1. The van der Waals surface area contributed by atoms with Crippen LogP contribution < -0.4 is 14.8 Å². The molecule has 16 heavy (non-hydrogen) atoms. The van der Waals surface area contributed by atoms with Crippen molar-refractivity contribution < 1.29 is 14.3 Å². The van der Waals surface area contributed by atoms with Crippen LogP contribution in [0.5, 0.6) is 11.5 Å². The molecular weight excluding hydrogens is 274 g/mol. The van der Waals surface area contributed by atoms with Gasteiger partial charge in [-0.05, 0) is 17.7 Å². The summed E-state index contributed by atoms with van der Waals surface area (Å²) >= 11 is 3.08. The van der Waals surface area contributed by atoms with Gasteiger partial charge < -0.3 is 14.8 Å². The van der Waals surface area contributed by atoms with Gasteiger partial charge in [-0.2, -0.15) is 0 Å². The van der Waals surface area contributed by atoms with Gasteiger partial charge in [-0.3, -0.25) is 4.79 Å². The fraction of sp³-hybridized carbons (Fsp3) is 0.364. The zero-order chi connectivity index (χ0) is 12.0. The van der Waals surface area contributed by atoms with E-state index in [1.165, 1.54) is 0 Å². The average molecular weight is 288 g/mol. The van der Waals surface area contributed by atoms with E-state index in [0.29, 0.717) is 23.4 Å². The Bertz CT molecular complexity index is 368. The molecule has 0 radical (unpaired) electrons. The molecule has 0 atom stereocenters. The van der Waals surface area contributed by atoms with E-state index < -0.39 is 0 Å². The van der Waals surface area contributed by atoms with Crippen LogP contribution in [-0.2, 0) is 11.3 Å². The summed E-state index contributed by atoms with van der Waals surface area (Å²) in [5, 5.41) is 3.06. The Morgan fingerprint density at radius 2 is 2.00 bits per heavy atom. The Morgan fingerprint density at radius 3 is 2.56 bits per heavy atom. The molecule has 0 saturated heterocycles. The van der Waals surface area contributed by atoms with Crippen LogP contribution in [-0.4, -0.2) is 25.5 Å². The van der Waals surface area contributed by atoms with Gasteiger partial charge in [-0.15, -0.1) is 0 Å². The highest BCUT2D eigenvalue weighted by Crippen LogP contribution is 2.27. The second-order valence-corrected chi connectivity index (χ2v) is 3.66. The van der Waals surface area contributed by atoms with Gasteiger partial charge in [0.2, 0.25) is 5.91 Å². The predicted molar refractivity (Wildman–Crippen MR) is 65.2 cm³/mol. The van der Waals surface area contributed by atoms with Crippen molar-refractivity contribution in [3.8, 4) is 11.5 Å². The Balaban J connectivity index is 2.71. The van der Waals surface area contributed by atoms with Crippen LogP contribution in [0, 0.1) is 0 Å². The maximum Gasteiger partial charge on any atom is 0.230 e. The van der Waals surface area contributed by atoms with Crippen molar-refractivity contribution in [1.29, 1.82) is 0 Å². The van der Waals surface area contributed by atoms with Crippen LogP contribution in [0.2, 0.25) is 0 Å². The third-order valence-electron chi connectivity index (χ3n) is 2.06. The summed E-state index contributed by atoms with van der Waals surface area (Å²) in [6.07, 6.45) is 0. The lowest BCUT2D eigenvalue weighted by molar-refractivity contribution is -0.118. The summed E-state index contributed by atoms with van der Waals surface area (Å²) in [4.78, 5) is 11.0. The molecule has 0 unspecified atom stereocenters. The van der Waals surface area contributed by atoms with Crippen molar-refractivity contribution >= 4 is 21.8 Å². The lowest BCUT2D eigenvalue weighted by Gasteiger charge is -2.09. The highest BCUT2D eigenvalue weighted by atomic mass is 79.9. The SMILES string of the molecule is COc1ccc(CNC(=O)CBr)cc1OC. The Kier molecular flexibility index (Phi) is 5.11. The smallest absolute Gasteiger partial charge is 0.230 e. The Labute approximate surface area is 103 Å². The van der Waals surface area contributed by atoms with Crippen molar-refractivity contribution in [1.82, 2.24) is 5.32 Å². The summed E-state index contributed by atoms with van der Waals surface area (Å²) in [6.45, 7) is 0.477. The van der Waals surface area contributed by atoms with Crippen LogP contribution in [0.4, 0.5) is 0 Å². The van der Waals surface area contributed by atoms with Crippen LogP contribution >= 0.6 is 15.9 Å². The van der Waals surface area contributed by atoms with Gasteiger partial charge in [-0.1, -0.05) is 22.0 Å². The number of ether oxygens (including phenoxy) is 2. The first-order valence-corrected chi connectivity index (χ1v) is 5.87. The monoisotopic (exact) mass is 287 g/mol. The standard InChI is InChI=1S/C11H14BrNO3/c1-15-9-4-3-8(5-10(9)16-2)7-13-11(14)6-12/h3-5H,6-7H2,1-2H3,(H,13,14). The molecule has 0 saturated carbocycles. The molecule has 1 aromatic carbocycles. The van der Waals surface area contributed by atoms with Gasteiger partial charge in [0.1, 0.15) is 0 Å². The quantitative estimate of drug-likeness (QED) is 0.839. The molecule has 0 bridgehead atoms. The first-order chi connectivity index (χ1) is 7.71. The number of benzene rings is 1. The van der Waals surface area contributed by atoms with Crippen molar-refractivity contribution in [3.63, 3.8) is 0 Å². The molecule has 1 amide bonds. The number of halogens is 1. The number of hydrogen-bond donors (Lipinski definition) is 1. The molecule has 0 spiro atoms. The summed E-state index contributed by atoms with van der Waals surface area (Å²) in [5.74, 6) is 1.29. The average Bonchev–Trinajstić information content (AvgIpc) is 2.35. The number of carbonyl (C=O) groups is 1. The van der Waals surface area contributed by atoms with E-state index in [2.05, 4.69) is 21.2 Å². The van der Waals surface area contributed by atoms with E-state index >= 15 is 0 Å². The second-order valence-electron chi connectivity index (χ2n) is 3.10. The molecular formula is C11H14BrNO3. The van der Waals surface area contributed by atoms with E-state index in [-0.39, 0.29) is 5.91 Å². The summed E-state index contributed by atoms with van der Waals surface area (Å²) < 4.78 is 10.3. The molecule has 0 aliphatic heterocycles. The molecule has 4 nitrogen and oxygen atoms in total. The fourth-order valence-corrected chi connectivity index (χ4v) is 1.44. The van der Waals surface area contributed by atoms with Crippen LogP contribution in [0.15, 0.2) is 18.2 Å². The highest BCUT2D eigenvalue weighted by molar-refractivity contribution is 9.09. The fourth-order valence-electron chi connectivity index (χ4n) is 1.24. The molecule has 1 aromatic rings. The first-order valence-electron chi connectivity index (χ1n) is 4.74. The molecule has 88 valence electrons. The summed E-state index contributed by atoms with van der Waals surface area (Å²) in [5.41, 5.74) is 0.965. The van der Waals surface area contributed by atoms with Crippen LogP contribution in [0.1, 0.15) is 5.56 Å². The number of amides is 1. The third-order valence-corrected chi connectivity index (χ3v) is 2.57. The van der Waals surface area contributed by atoms with Crippen molar-refractivity contribution in [2.45, 2.75) is 6.54 Å². The highest BCUT2D eigenvalue weighted by Gasteiger charge is 2.05. The van der Waals surface area contributed by atoms with Gasteiger partial charge in [0, 0.05) is 6.54 Å². The van der Waals surface area contributed by atoms with Crippen LogP contribution in [0.25, 0.3) is 0 Å². The van der Waals surface area contributed by atoms with Gasteiger partial charge in [0.25, 0.3) is 0 Å².